The van der Waals surface area contributed by atoms with Crippen LogP contribution in [0, 0.1) is 5.41 Å². The van der Waals surface area contributed by atoms with Crippen LogP contribution in [0.3, 0.4) is 0 Å². The van der Waals surface area contributed by atoms with E-state index in [4.69, 9.17) is 27.9 Å². The molecular formula is C14H18Cl2OS. The summed E-state index contributed by atoms with van der Waals surface area (Å²) in [5.41, 5.74) is 0.184. The van der Waals surface area contributed by atoms with E-state index in [1.54, 1.807) is 12.1 Å². The van der Waals surface area contributed by atoms with Gasteiger partial charge in [-0.1, -0.05) is 48.5 Å². The highest BCUT2D eigenvalue weighted by Gasteiger charge is 2.32. The number of hydrogen-bond donors (Lipinski definition) is 1. The molecule has 0 radical (unpaired) electrons. The highest BCUT2D eigenvalue weighted by Crippen LogP contribution is 2.40. The molecule has 0 saturated heterocycles. The first kappa shape index (κ1) is 14.4. The molecule has 0 atom stereocenters. The van der Waals surface area contributed by atoms with Gasteiger partial charge in [-0.2, -0.15) is 12.6 Å². The minimum Gasteiger partial charge on any atom is -0.490 e. The summed E-state index contributed by atoms with van der Waals surface area (Å²) in [5.74, 6) is 1.46. The standard InChI is InChI=1S/C14H18Cl2OS/c15-11-5-4-6-12(16)13(11)17-9-14(10-18)7-2-1-3-8-14/h4-6,18H,1-3,7-10H2. The Bertz CT molecular complexity index is 383. The van der Waals surface area contributed by atoms with Gasteiger partial charge in [0.2, 0.25) is 0 Å². The van der Waals surface area contributed by atoms with Crippen LogP contribution in [0.15, 0.2) is 18.2 Å². The van der Waals surface area contributed by atoms with Gasteiger partial charge in [-0.3, -0.25) is 0 Å². The molecule has 0 aliphatic heterocycles. The summed E-state index contributed by atoms with van der Waals surface area (Å²) in [5, 5.41) is 1.15. The maximum Gasteiger partial charge on any atom is 0.156 e. The van der Waals surface area contributed by atoms with Crippen LogP contribution in [0.25, 0.3) is 0 Å². The Hall–Kier alpha value is -0.0500. The first-order valence-corrected chi connectivity index (χ1v) is 7.73. The third kappa shape index (κ3) is 3.28. The molecule has 18 heavy (non-hydrogen) atoms. The zero-order valence-electron chi connectivity index (χ0n) is 10.3. The molecule has 0 amide bonds. The van der Waals surface area contributed by atoms with E-state index < -0.39 is 0 Å². The Morgan fingerprint density at radius 2 is 1.72 bits per heavy atom. The van der Waals surface area contributed by atoms with Crippen LogP contribution in [0.1, 0.15) is 32.1 Å². The Labute approximate surface area is 124 Å². The van der Waals surface area contributed by atoms with Gasteiger partial charge in [0, 0.05) is 5.41 Å². The average Bonchev–Trinajstić information content (AvgIpc) is 2.39. The number of hydrogen-bond acceptors (Lipinski definition) is 2. The van der Waals surface area contributed by atoms with Gasteiger partial charge in [-0.15, -0.1) is 0 Å². The van der Waals surface area contributed by atoms with Crippen LogP contribution >= 0.6 is 35.8 Å². The van der Waals surface area contributed by atoms with Gasteiger partial charge in [0.05, 0.1) is 16.7 Å². The highest BCUT2D eigenvalue weighted by molar-refractivity contribution is 7.80. The second-order valence-electron chi connectivity index (χ2n) is 5.06. The lowest BCUT2D eigenvalue weighted by Gasteiger charge is -2.35. The van der Waals surface area contributed by atoms with E-state index in [0.717, 1.165) is 5.75 Å². The average molecular weight is 305 g/mol. The minimum atomic E-state index is 0.184. The van der Waals surface area contributed by atoms with Crippen molar-refractivity contribution in [1.82, 2.24) is 0 Å². The molecule has 1 aliphatic carbocycles. The quantitative estimate of drug-likeness (QED) is 0.747. The van der Waals surface area contributed by atoms with Crippen molar-refractivity contribution in [3.8, 4) is 5.75 Å². The summed E-state index contributed by atoms with van der Waals surface area (Å²) >= 11 is 16.7. The molecule has 1 aromatic carbocycles. The van der Waals surface area contributed by atoms with E-state index in [0.29, 0.717) is 22.4 Å². The number of ether oxygens (including phenoxy) is 1. The van der Waals surface area contributed by atoms with E-state index in [2.05, 4.69) is 12.6 Å². The molecule has 0 bridgehead atoms. The third-order valence-electron chi connectivity index (χ3n) is 3.69. The monoisotopic (exact) mass is 304 g/mol. The molecule has 1 saturated carbocycles. The van der Waals surface area contributed by atoms with Crippen LogP contribution in [0.2, 0.25) is 10.0 Å². The van der Waals surface area contributed by atoms with E-state index in [1.807, 2.05) is 6.07 Å². The van der Waals surface area contributed by atoms with Gasteiger partial charge in [0.15, 0.2) is 5.75 Å². The van der Waals surface area contributed by atoms with Gasteiger partial charge < -0.3 is 4.74 Å². The molecule has 1 aromatic rings. The van der Waals surface area contributed by atoms with Gasteiger partial charge in [-0.25, -0.2) is 0 Å². The van der Waals surface area contributed by atoms with Gasteiger partial charge in [0.1, 0.15) is 0 Å². The topological polar surface area (TPSA) is 9.23 Å². The van der Waals surface area contributed by atoms with Crippen molar-refractivity contribution < 1.29 is 4.74 Å². The van der Waals surface area contributed by atoms with Crippen LogP contribution in [0.5, 0.6) is 5.75 Å². The van der Waals surface area contributed by atoms with Crippen LogP contribution in [-0.4, -0.2) is 12.4 Å². The molecule has 1 nitrogen and oxygen atoms in total. The zero-order chi connectivity index (χ0) is 13.0. The highest BCUT2D eigenvalue weighted by atomic mass is 35.5. The predicted molar refractivity (Wildman–Crippen MR) is 81.3 cm³/mol. The Morgan fingerprint density at radius 1 is 1.11 bits per heavy atom. The van der Waals surface area contributed by atoms with E-state index in [-0.39, 0.29) is 5.41 Å². The number of thiol groups is 1. The molecule has 1 aliphatic rings. The van der Waals surface area contributed by atoms with Crippen molar-refractivity contribution in [2.24, 2.45) is 5.41 Å². The number of halogens is 2. The number of rotatable bonds is 4. The summed E-state index contributed by atoms with van der Waals surface area (Å²) in [7, 11) is 0. The fraction of sp³-hybridized carbons (Fsp3) is 0.571. The van der Waals surface area contributed by atoms with Crippen molar-refractivity contribution in [3.05, 3.63) is 28.2 Å². The fourth-order valence-electron chi connectivity index (χ4n) is 2.50. The summed E-state index contributed by atoms with van der Waals surface area (Å²) in [6.07, 6.45) is 6.21. The molecule has 2 rings (SSSR count). The van der Waals surface area contributed by atoms with Crippen LogP contribution in [0.4, 0.5) is 0 Å². The maximum absolute atomic E-state index is 6.11. The Balaban J connectivity index is 2.05. The van der Waals surface area contributed by atoms with E-state index in [9.17, 15) is 0 Å². The summed E-state index contributed by atoms with van der Waals surface area (Å²) in [4.78, 5) is 0. The molecule has 0 heterocycles. The normalized spacial score (nSPS) is 18.6. The second-order valence-corrected chi connectivity index (χ2v) is 6.19. The molecule has 0 spiro atoms. The lowest BCUT2D eigenvalue weighted by molar-refractivity contribution is 0.121. The lowest BCUT2D eigenvalue weighted by atomic mass is 9.76. The first-order valence-electron chi connectivity index (χ1n) is 6.35. The fourth-order valence-corrected chi connectivity index (χ4v) is 3.41. The second kappa shape index (κ2) is 6.40. The van der Waals surface area contributed by atoms with Crippen LogP contribution in [-0.2, 0) is 0 Å². The Morgan fingerprint density at radius 3 is 2.28 bits per heavy atom. The smallest absolute Gasteiger partial charge is 0.156 e. The predicted octanol–water partition coefficient (Wildman–Crippen LogP) is 5.25. The Kier molecular flexibility index (Phi) is 5.11. The number of benzene rings is 1. The molecular weight excluding hydrogens is 287 g/mol. The van der Waals surface area contributed by atoms with E-state index in [1.165, 1.54) is 32.1 Å². The molecule has 0 aromatic heterocycles. The maximum atomic E-state index is 6.11. The van der Waals surface area contributed by atoms with E-state index >= 15 is 0 Å². The minimum absolute atomic E-state index is 0.184. The molecule has 0 N–H and O–H groups in total. The lowest BCUT2D eigenvalue weighted by Crippen LogP contribution is -2.33. The van der Waals surface area contributed by atoms with Crippen molar-refractivity contribution in [3.63, 3.8) is 0 Å². The molecule has 4 heteroatoms. The SMILES string of the molecule is SCC1(COc2c(Cl)cccc2Cl)CCCCC1. The van der Waals surface area contributed by atoms with Gasteiger partial charge >= 0.3 is 0 Å². The first-order chi connectivity index (χ1) is 8.67. The van der Waals surface area contributed by atoms with Crippen molar-refractivity contribution in [1.29, 1.82) is 0 Å². The summed E-state index contributed by atoms with van der Waals surface area (Å²) in [6.45, 7) is 0.653. The van der Waals surface area contributed by atoms with Crippen molar-refractivity contribution in [2.75, 3.05) is 12.4 Å². The van der Waals surface area contributed by atoms with Crippen LogP contribution < -0.4 is 4.74 Å². The van der Waals surface area contributed by atoms with Crippen molar-refractivity contribution in [2.45, 2.75) is 32.1 Å². The molecule has 1 fully saturated rings. The third-order valence-corrected chi connectivity index (χ3v) is 4.96. The largest absolute Gasteiger partial charge is 0.490 e. The number of para-hydroxylation sites is 1. The zero-order valence-corrected chi connectivity index (χ0v) is 12.7. The summed E-state index contributed by atoms with van der Waals surface area (Å²) in [6, 6.07) is 5.43. The van der Waals surface area contributed by atoms with Crippen molar-refractivity contribution >= 4 is 35.8 Å². The van der Waals surface area contributed by atoms with Gasteiger partial charge in [0.25, 0.3) is 0 Å². The summed E-state index contributed by atoms with van der Waals surface area (Å²) < 4.78 is 5.89. The molecule has 0 unspecified atom stereocenters. The molecule has 100 valence electrons. The van der Waals surface area contributed by atoms with Gasteiger partial charge in [-0.05, 0) is 30.7 Å².